The summed E-state index contributed by atoms with van der Waals surface area (Å²) >= 11 is 0. The van der Waals surface area contributed by atoms with Crippen LogP contribution in [0.4, 0.5) is 4.39 Å². The monoisotopic (exact) mass is 354 g/mol. The first-order chi connectivity index (χ1) is 12.5. The minimum absolute atomic E-state index is 0.192. The number of nitrogens with one attached hydrogen (secondary N) is 1. The lowest BCUT2D eigenvalue weighted by Gasteiger charge is -2.17. The maximum Gasteiger partial charge on any atom is 0.220 e. The van der Waals surface area contributed by atoms with E-state index in [9.17, 15) is 9.18 Å². The second-order valence-corrected chi connectivity index (χ2v) is 8.51. The number of carbonyl (C=O) groups is 1. The Bertz CT molecular complexity index is 805. The molecule has 4 heteroatoms. The summed E-state index contributed by atoms with van der Waals surface area (Å²) in [4.78, 5) is 16.4. The number of rotatable bonds is 4. The highest BCUT2D eigenvalue weighted by Crippen LogP contribution is 2.53. The number of amides is 1. The highest BCUT2D eigenvalue weighted by Gasteiger charge is 2.42. The second-order valence-electron chi connectivity index (χ2n) is 8.51. The van der Waals surface area contributed by atoms with Gasteiger partial charge >= 0.3 is 0 Å². The van der Waals surface area contributed by atoms with Crippen molar-refractivity contribution in [1.82, 2.24) is 10.3 Å². The van der Waals surface area contributed by atoms with Crippen LogP contribution in [-0.4, -0.2) is 16.9 Å². The van der Waals surface area contributed by atoms with E-state index in [1.807, 2.05) is 20.0 Å². The van der Waals surface area contributed by atoms with Gasteiger partial charge in [0.1, 0.15) is 5.82 Å². The minimum atomic E-state index is -0.193. The molecule has 2 aliphatic carbocycles. The average Bonchev–Trinajstić information content (AvgIpc) is 3.11. The number of hydrogen-bond donors (Lipinski definition) is 1. The van der Waals surface area contributed by atoms with E-state index in [4.69, 9.17) is 0 Å². The van der Waals surface area contributed by atoms with Crippen LogP contribution in [0.3, 0.4) is 0 Å². The van der Waals surface area contributed by atoms with Crippen molar-refractivity contribution >= 4 is 16.8 Å². The zero-order valence-corrected chi connectivity index (χ0v) is 15.5. The Kier molecular flexibility index (Phi) is 4.68. The summed E-state index contributed by atoms with van der Waals surface area (Å²) in [6, 6.07) is 7.17. The molecular formula is C22H27FN2O. The van der Waals surface area contributed by atoms with Crippen LogP contribution < -0.4 is 5.32 Å². The first-order valence-corrected chi connectivity index (χ1v) is 9.83. The Labute approximate surface area is 154 Å². The number of halogens is 1. The van der Waals surface area contributed by atoms with E-state index in [2.05, 4.69) is 16.4 Å². The Morgan fingerprint density at radius 1 is 1.19 bits per heavy atom. The topological polar surface area (TPSA) is 42.0 Å². The van der Waals surface area contributed by atoms with Crippen LogP contribution in [-0.2, 0) is 4.79 Å². The van der Waals surface area contributed by atoms with Gasteiger partial charge in [0.05, 0.1) is 5.52 Å². The number of nitrogens with zero attached hydrogens (tertiary/aromatic N) is 1. The molecule has 1 heterocycles. The number of pyridine rings is 1. The maximum absolute atomic E-state index is 13.7. The number of benzene rings is 1. The molecule has 0 aliphatic heterocycles. The molecule has 2 unspecified atom stereocenters. The van der Waals surface area contributed by atoms with Crippen molar-refractivity contribution in [2.24, 2.45) is 17.8 Å². The molecule has 0 radical (unpaired) electrons. The quantitative estimate of drug-likeness (QED) is 0.856. The Balaban J connectivity index is 1.44. The molecule has 1 aromatic heterocycles. The van der Waals surface area contributed by atoms with Gasteiger partial charge in [0, 0.05) is 24.0 Å². The Hall–Kier alpha value is -1.97. The summed E-state index contributed by atoms with van der Waals surface area (Å²) in [5.74, 6) is 2.42. The molecule has 4 atom stereocenters. The molecule has 2 aliphatic rings. The van der Waals surface area contributed by atoms with Gasteiger partial charge in [-0.1, -0.05) is 0 Å². The van der Waals surface area contributed by atoms with Crippen molar-refractivity contribution < 1.29 is 9.18 Å². The minimum Gasteiger partial charge on any atom is -0.354 e. The van der Waals surface area contributed by atoms with Crippen LogP contribution in [0.15, 0.2) is 30.5 Å². The first kappa shape index (κ1) is 17.4. The van der Waals surface area contributed by atoms with Gasteiger partial charge in [0.25, 0.3) is 0 Å². The molecule has 0 spiro atoms. The van der Waals surface area contributed by atoms with Gasteiger partial charge in [-0.15, -0.1) is 0 Å². The fourth-order valence-electron chi connectivity index (χ4n) is 5.30. The van der Waals surface area contributed by atoms with E-state index in [1.165, 1.54) is 11.6 Å². The number of fused-ring (bicyclic) bond motifs is 2. The molecule has 26 heavy (non-hydrogen) atoms. The van der Waals surface area contributed by atoms with Crippen molar-refractivity contribution in [3.63, 3.8) is 0 Å². The van der Waals surface area contributed by atoms with Crippen molar-refractivity contribution in [2.45, 2.75) is 57.9 Å². The standard InChI is InChI=1S/C22H27FN2O/c1-13(2)25-22(26)9-14-7-15-10-17(11-16(15)8-14)19-5-6-24-21-4-3-18(23)12-20(19)21/h3-6,12-17H,7-11H2,1-2H3,(H,25,26)/t14?,15-,16+,17?. The molecule has 1 N–H and O–H groups in total. The van der Waals surface area contributed by atoms with Gasteiger partial charge in [-0.05, 0) is 93.0 Å². The summed E-state index contributed by atoms with van der Waals surface area (Å²) in [6.45, 7) is 4.02. The fraction of sp³-hybridized carbons (Fsp3) is 0.545. The van der Waals surface area contributed by atoms with E-state index in [1.54, 1.807) is 12.1 Å². The van der Waals surface area contributed by atoms with Crippen molar-refractivity contribution in [3.05, 3.63) is 41.8 Å². The lowest BCUT2D eigenvalue weighted by Crippen LogP contribution is -2.31. The van der Waals surface area contributed by atoms with E-state index in [0.29, 0.717) is 30.1 Å². The maximum atomic E-state index is 13.7. The Morgan fingerprint density at radius 2 is 1.92 bits per heavy atom. The summed E-state index contributed by atoms with van der Waals surface area (Å²) < 4.78 is 13.7. The molecule has 2 saturated carbocycles. The third-order valence-corrected chi connectivity index (χ3v) is 6.21. The van der Waals surface area contributed by atoms with Crippen molar-refractivity contribution in [2.75, 3.05) is 0 Å². The normalized spacial score (nSPS) is 27.8. The number of aromatic nitrogens is 1. The van der Waals surface area contributed by atoms with E-state index in [0.717, 1.165) is 36.6 Å². The van der Waals surface area contributed by atoms with Gasteiger partial charge in [-0.2, -0.15) is 0 Å². The van der Waals surface area contributed by atoms with Gasteiger partial charge < -0.3 is 5.32 Å². The molecule has 4 rings (SSSR count). The zero-order chi connectivity index (χ0) is 18.3. The molecule has 2 aromatic rings. The summed E-state index contributed by atoms with van der Waals surface area (Å²) in [5, 5.41) is 3.98. The summed E-state index contributed by atoms with van der Waals surface area (Å²) in [7, 11) is 0. The number of hydrogen-bond acceptors (Lipinski definition) is 2. The molecule has 1 amide bonds. The van der Waals surface area contributed by atoms with Crippen LogP contribution in [0.2, 0.25) is 0 Å². The summed E-state index contributed by atoms with van der Waals surface area (Å²) in [5.41, 5.74) is 2.13. The Morgan fingerprint density at radius 3 is 2.62 bits per heavy atom. The predicted molar refractivity (Wildman–Crippen MR) is 101 cm³/mol. The van der Waals surface area contributed by atoms with Crippen molar-refractivity contribution in [3.8, 4) is 0 Å². The first-order valence-electron chi connectivity index (χ1n) is 9.83. The second kappa shape index (κ2) is 6.98. The van der Waals surface area contributed by atoms with Crippen LogP contribution in [0.5, 0.6) is 0 Å². The molecule has 2 fully saturated rings. The fourth-order valence-corrected chi connectivity index (χ4v) is 5.30. The SMILES string of the molecule is CC(C)NC(=O)CC1C[C@@H]2CC(c3ccnc4ccc(F)cc34)C[C@@H]2C1. The predicted octanol–water partition coefficient (Wildman–Crippen LogP) is 4.81. The van der Waals surface area contributed by atoms with Crippen LogP contribution in [0.25, 0.3) is 10.9 Å². The molecule has 3 nitrogen and oxygen atoms in total. The van der Waals surface area contributed by atoms with Crippen molar-refractivity contribution in [1.29, 1.82) is 0 Å². The van der Waals surface area contributed by atoms with Gasteiger partial charge in [-0.3, -0.25) is 9.78 Å². The third kappa shape index (κ3) is 3.46. The van der Waals surface area contributed by atoms with Gasteiger partial charge in [0.15, 0.2) is 0 Å². The van der Waals surface area contributed by atoms with E-state index >= 15 is 0 Å². The lowest BCUT2D eigenvalue weighted by atomic mass is 9.89. The highest BCUT2D eigenvalue weighted by atomic mass is 19.1. The van der Waals surface area contributed by atoms with Crippen LogP contribution >= 0.6 is 0 Å². The zero-order valence-electron chi connectivity index (χ0n) is 15.5. The van der Waals surface area contributed by atoms with Crippen LogP contribution in [0, 0.1) is 23.6 Å². The van der Waals surface area contributed by atoms with E-state index < -0.39 is 0 Å². The molecule has 1 aromatic carbocycles. The smallest absolute Gasteiger partial charge is 0.220 e. The number of carbonyl (C=O) groups excluding carboxylic acids is 1. The largest absolute Gasteiger partial charge is 0.354 e. The van der Waals surface area contributed by atoms with Crippen LogP contribution in [0.1, 0.15) is 57.4 Å². The van der Waals surface area contributed by atoms with Gasteiger partial charge in [0.2, 0.25) is 5.91 Å². The molecular weight excluding hydrogens is 327 g/mol. The van der Waals surface area contributed by atoms with E-state index in [-0.39, 0.29) is 17.8 Å². The molecule has 0 saturated heterocycles. The third-order valence-electron chi connectivity index (χ3n) is 6.21. The molecule has 138 valence electrons. The highest BCUT2D eigenvalue weighted by molar-refractivity contribution is 5.82. The molecule has 0 bridgehead atoms. The lowest BCUT2D eigenvalue weighted by molar-refractivity contribution is -0.122. The van der Waals surface area contributed by atoms with Gasteiger partial charge in [-0.25, -0.2) is 4.39 Å². The average molecular weight is 354 g/mol. The summed E-state index contributed by atoms with van der Waals surface area (Å²) in [6.07, 6.45) is 7.14.